The van der Waals surface area contributed by atoms with Gasteiger partial charge in [0.05, 0.1) is 12.8 Å². The summed E-state index contributed by atoms with van der Waals surface area (Å²) >= 11 is 0. The molecule has 2 atom stereocenters. The molecule has 1 fully saturated rings. The monoisotopic (exact) mass is 375 g/mol. The first-order valence-electron chi connectivity index (χ1n) is 9.29. The van der Waals surface area contributed by atoms with Crippen molar-refractivity contribution in [3.8, 4) is 0 Å². The molecule has 2 aromatic rings. The van der Waals surface area contributed by atoms with Crippen LogP contribution >= 0.6 is 0 Å². The van der Waals surface area contributed by atoms with Crippen molar-refractivity contribution in [3.63, 3.8) is 0 Å². The van der Waals surface area contributed by atoms with Gasteiger partial charge in [0.25, 0.3) is 0 Å². The van der Waals surface area contributed by atoms with E-state index in [0.29, 0.717) is 35.7 Å². The van der Waals surface area contributed by atoms with Gasteiger partial charge in [0, 0.05) is 37.0 Å². The van der Waals surface area contributed by atoms with Crippen LogP contribution in [0.15, 0.2) is 18.2 Å². The maximum atomic E-state index is 13.7. The Morgan fingerprint density at radius 1 is 1.30 bits per heavy atom. The van der Waals surface area contributed by atoms with Crippen molar-refractivity contribution in [2.45, 2.75) is 26.7 Å². The summed E-state index contributed by atoms with van der Waals surface area (Å²) in [5.41, 5.74) is 0.944. The number of likely N-dealkylation sites (tertiary alicyclic amines) is 1. The lowest BCUT2D eigenvalue weighted by Crippen LogP contribution is -2.40. The van der Waals surface area contributed by atoms with Gasteiger partial charge in [-0.1, -0.05) is 13.8 Å². The molecule has 0 saturated carbocycles. The minimum absolute atomic E-state index is 0.117. The van der Waals surface area contributed by atoms with Crippen molar-refractivity contribution < 1.29 is 18.7 Å². The summed E-state index contributed by atoms with van der Waals surface area (Å²) in [6.07, 6.45) is 1.52. The number of nitrogens with zero attached hydrogens (tertiary/aromatic N) is 1. The average molecular weight is 375 g/mol. The number of fused-ring (bicyclic) bond motifs is 1. The molecule has 2 N–H and O–H groups in total. The zero-order valence-corrected chi connectivity index (χ0v) is 16.0. The molecule has 1 aromatic heterocycles. The van der Waals surface area contributed by atoms with E-state index in [1.807, 2.05) is 0 Å². The summed E-state index contributed by atoms with van der Waals surface area (Å²) in [6.45, 7) is 7.09. The van der Waals surface area contributed by atoms with Gasteiger partial charge in [0.15, 0.2) is 0 Å². The number of H-pyrrole nitrogens is 1. The topological polar surface area (TPSA) is 74.4 Å². The smallest absolute Gasteiger partial charge is 0.356 e. The summed E-state index contributed by atoms with van der Waals surface area (Å²) in [7, 11) is 1.26. The molecule has 0 unspecified atom stereocenters. The number of esters is 1. The normalized spacial score (nSPS) is 20.6. The van der Waals surface area contributed by atoms with Gasteiger partial charge in [0.1, 0.15) is 11.5 Å². The van der Waals surface area contributed by atoms with Gasteiger partial charge in [-0.15, -0.1) is 0 Å². The second-order valence-electron chi connectivity index (χ2n) is 7.56. The fourth-order valence-electron chi connectivity index (χ4n) is 3.99. The molecule has 1 amide bonds. The molecule has 3 rings (SSSR count). The van der Waals surface area contributed by atoms with E-state index in [2.05, 4.69) is 29.0 Å². The second-order valence-corrected chi connectivity index (χ2v) is 7.56. The molecule has 1 aliphatic rings. The molecule has 0 radical (unpaired) electrons. The molecule has 1 saturated heterocycles. The Morgan fingerprint density at radius 3 is 2.67 bits per heavy atom. The van der Waals surface area contributed by atoms with E-state index in [-0.39, 0.29) is 17.3 Å². The Bertz CT molecular complexity index is 838. The van der Waals surface area contributed by atoms with E-state index in [4.69, 9.17) is 4.74 Å². The second kappa shape index (κ2) is 8.08. The number of hydrogen-bond acceptors (Lipinski definition) is 4. The number of methoxy groups -OCH3 is 1. The largest absolute Gasteiger partial charge is 0.464 e. The third kappa shape index (κ3) is 4.47. The van der Waals surface area contributed by atoms with Crippen molar-refractivity contribution in [3.05, 3.63) is 29.7 Å². The van der Waals surface area contributed by atoms with Crippen molar-refractivity contribution >= 4 is 28.5 Å². The zero-order chi connectivity index (χ0) is 19.6. The molecule has 7 heteroatoms. The van der Waals surface area contributed by atoms with Gasteiger partial charge in [-0.3, -0.25) is 4.79 Å². The number of carbonyl (C=O) groups excluding carboxylic acids is 2. The van der Waals surface area contributed by atoms with E-state index in [9.17, 15) is 14.0 Å². The number of carbonyl (C=O) groups is 2. The van der Waals surface area contributed by atoms with Crippen LogP contribution in [0.25, 0.3) is 10.9 Å². The number of anilines is 1. The Kier molecular flexibility index (Phi) is 5.79. The highest BCUT2D eigenvalue weighted by atomic mass is 19.1. The minimum atomic E-state index is -0.611. The molecule has 27 heavy (non-hydrogen) atoms. The first-order valence-corrected chi connectivity index (χ1v) is 9.29. The predicted octanol–water partition coefficient (Wildman–Crippen LogP) is 3.40. The average Bonchev–Trinajstić information content (AvgIpc) is 2.96. The fraction of sp³-hybridized carbons (Fsp3) is 0.500. The van der Waals surface area contributed by atoms with Gasteiger partial charge >= 0.3 is 5.97 Å². The Morgan fingerprint density at radius 2 is 2.00 bits per heavy atom. The molecule has 1 aliphatic heterocycles. The van der Waals surface area contributed by atoms with Gasteiger partial charge < -0.3 is 19.9 Å². The Labute approximate surface area is 158 Å². The van der Waals surface area contributed by atoms with Crippen molar-refractivity contribution in [1.82, 2.24) is 9.88 Å². The summed E-state index contributed by atoms with van der Waals surface area (Å²) in [4.78, 5) is 29.7. The van der Waals surface area contributed by atoms with E-state index in [1.54, 1.807) is 0 Å². The van der Waals surface area contributed by atoms with Crippen molar-refractivity contribution in [1.29, 1.82) is 0 Å². The minimum Gasteiger partial charge on any atom is -0.464 e. The third-order valence-corrected chi connectivity index (χ3v) is 5.01. The molecule has 1 aromatic carbocycles. The quantitative estimate of drug-likeness (QED) is 0.786. The highest BCUT2D eigenvalue weighted by Crippen LogP contribution is 2.29. The molecule has 146 valence electrons. The number of hydrogen-bond donors (Lipinski definition) is 2. The van der Waals surface area contributed by atoms with E-state index >= 15 is 0 Å². The van der Waals surface area contributed by atoms with Crippen LogP contribution in [0.1, 0.15) is 37.2 Å². The molecule has 0 spiro atoms. The number of nitrogens with one attached hydrogen (secondary N) is 2. The molecular formula is C20H26FN3O3. The SMILES string of the molecule is COC(=O)c1[nH]c2ccc(F)cc2c1NC(=O)CCN1C[C@H](C)C[C@H](C)C1. The molecule has 0 bridgehead atoms. The lowest BCUT2D eigenvalue weighted by molar-refractivity contribution is -0.116. The van der Waals surface area contributed by atoms with Crippen LogP contribution in [0, 0.1) is 17.7 Å². The molecule has 0 aliphatic carbocycles. The summed E-state index contributed by atoms with van der Waals surface area (Å²) in [5.74, 6) is -0.0137. The van der Waals surface area contributed by atoms with Gasteiger partial charge in [0.2, 0.25) is 5.91 Å². The maximum absolute atomic E-state index is 13.7. The number of rotatable bonds is 5. The Hall–Kier alpha value is -2.41. The fourth-order valence-corrected chi connectivity index (χ4v) is 3.99. The summed E-state index contributed by atoms with van der Waals surface area (Å²) in [5, 5.41) is 3.22. The number of aromatic amines is 1. The van der Waals surface area contributed by atoms with E-state index in [1.165, 1.54) is 31.7 Å². The highest BCUT2D eigenvalue weighted by Gasteiger charge is 2.23. The van der Waals surface area contributed by atoms with Gasteiger partial charge in [-0.2, -0.15) is 0 Å². The number of piperidine rings is 1. The van der Waals surface area contributed by atoms with Crippen LogP contribution in [0.5, 0.6) is 0 Å². The van der Waals surface area contributed by atoms with Crippen LogP contribution in [-0.4, -0.2) is 48.5 Å². The summed E-state index contributed by atoms with van der Waals surface area (Å²) in [6, 6.07) is 4.12. The third-order valence-electron chi connectivity index (χ3n) is 5.01. The van der Waals surface area contributed by atoms with Gasteiger partial charge in [-0.25, -0.2) is 9.18 Å². The van der Waals surface area contributed by atoms with E-state index in [0.717, 1.165) is 13.1 Å². The van der Waals surface area contributed by atoms with Crippen LogP contribution in [0.4, 0.5) is 10.1 Å². The van der Waals surface area contributed by atoms with Crippen molar-refractivity contribution in [2.75, 3.05) is 32.1 Å². The number of benzene rings is 1. The predicted molar refractivity (Wildman–Crippen MR) is 102 cm³/mol. The number of aromatic nitrogens is 1. The van der Waals surface area contributed by atoms with Gasteiger partial charge in [-0.05, 0) is 36.5 Å². The summed E-state index contributed by atoms with van der Waals surface area (Å²) < 4.78 is 18.4. The number of ether oxygens (including phenoxy) is 1. The zero-order valence-electron chi connectivity index (χ0n) is 16.0. The van der Waals surface area contributed by atoms with Crippen LogP contribution in [0.2, 0.25) is 0 Å². The number of amides is 1. The maximum Gasteiger partial charge on any atom is 0.356 e. The lowest BCUT2D eigenvalue weighted by atomic mass is 9.92. The number of halogens is 1. The van der Waals surface area contributed by atoms with Crippen LogP contribution < -0.4 is 5.32 Å². The van der Waals surface area contributed by atoms with Crippen molar-refractivity contribution in [2.24, 2.45) is 11.8 Å². The molecule has 6 nitrogen and oxygen atoms in total. The highest BCUT2D eigenvalue weighted by molar-refractivity contribution is 6.10. The molecule has 2 heterocycles. The van der Waals surface area contributed by atoms with E-state index < -0.39 is 11.8 Å². The lowest BCUT2D eigenvalue weighted by Gasteiger charge is -2.34. The molecular weight excluding hydrogens is 349 g/mol. The Balaban J connectivity index is 1.74. The van der Waals surface area contributed by atoms with Crippen LogP contribution in [0.3, 0.4) is 0 Å². The first kappa shape index (κ1) is 19.4. The first-order chi connectivity index (χ1) is 12.9. The van der Waals surface area contributed by atoms with Crippen LogP contribution in [-0.2, 0) is 9.53 Å². The standard InChI is InChI=1S/C20H26FN3O3/c1-12-8-13(2)11-24(10-12)7-6-17(25)23-18-15-9-14(21)4-5-16(15)22-19(18)20(26)27-3/h4-5,9,12-13,22H,6-8,10-11H2,1-3H3,(H,23,25)/t12-,13+.